The number of urea groups is 1. The van der Waals surface area contributed by atoms with Crippen LogP contribution in [-0.4, -0.2) is 36.2 Å². The number of hydrogen-bond acceptors (Lipinski definition) is 3. The molecule has 0 radical (unpaired) electrons. The zero-order chi connectivity index (χ0) is 19.3. The lowest BCUT2D eigenvalue weighted by atomic mass is 9.81. The van der Waals surface area contributed by atoms with E-state index >= 15 is 0 Å². The molecule has 28 heavy (non-hydrogen) atoms. The minimum Gasteiger partial charge on any atom is -0.495 e. The lowest BCUT2D eigenvalue weighted by molar-refractivity contribution is 0.0200. The Morgan fingerprint density at radius 2 is 1.71 bits per heavy atom. The molecule has 0 spiro atoms. The molecule has 2 heterocycles. The summed E-state index contributed by atoms with van der Waals surface area (Å²) >= 11 is 0. The SMILES string of the molecule is COc1ccccc1NC(=O)NC1C[C@H]2CCC[C@H](C1)N2Cc1ccccc1. The fourth-order valence-corrected chi connectivity index (χ4v) is 4.74. The Kier molecular flexibility index (Phi) is 5.81. The summed E-state index contributed by atoms with van der Waals surface area (Å²) in [5.41, 5.74) is 2.07. The number of fused-ring (bicyclic) bond motifs is 2. The molecule has 2 bridgehead atoms. The predicted molar refractivity (Wildman–Crippen MR) is 112 cm³/mol. The maximum Gasteiger partial charge on any atom is 0.319 e. The molecule has 148 valence electrons. The van der Waals surface area contributed by atoms with Gasteiger partial charge in [-0.25, -0.2) is 4.79 Å². The van der Waals surface area contributed by atoms with E-state index in [4.69, 9.17) is 4.74 Å². The van der Waals surface area contributed by atoms with E-state index in [1.165, 1.54) is 24.8 Å². The molecule has 2 amide bonds. The zero-order valence-corrected chi connectivity index (χ0v) is 16.4. The Hall–Kier alpha value is -2.53. The molecule has 0 unspecified atom stereocenters. The number of rotatable bonds is 5. The second-order valence-electron chi connectivity index (χ2n) is 7.86. The van der Waals surface area contributed by atoms with Gasteiger partial charge in [-0.05, 0) is 43.4 Å². The fourth-order valence-electron chi connectivity index (χ4n) is 4.74. The van der Waals surface area contributed by atoms with E-state index in [9.17, 15) is 4.79 Å². The number of ether oxygens (including phenoxy) is 1. The standard InChI is InChI=1S/C23H29N3O2/c1-28-22-13-6-5-12-21(22)25-23(27)24-18-14-19-10-7-11-20(15-18)26(19)16-17-8-3-2-4-9-17/h2-6,8-9,12-13,18-20H,7,10-11,14-16H2,1H3,(H2,24,25,27)/t19-,20-/m1/s1. The van der Waals surface area contributed by atoms with E-state index in [0.29, 0.717) is 23.5 Å². The van der Waals surface area contributed by atoms with Crippen LogP contribution < -0.4 is 15.4 Å². The predicted octanol–water partition coefficient (Wildman–Crippen LogP) is 4.40. The van der Waals surface area contributed by atoms with Crippen LogP contribution in [0.25, 0.3) is 0 Å². The Morgan fingerprint density at radius 3 is 2.43 bits per heavy atom. The molecule has 2 N–H and O–H groups in total. The molecule has 2 aliphatic rings. The van der Waals surface area contributed by atoms with E-state index in [1.54, 1.807) is 7.11 Å². The molecule has 2 aromatic rings. The molecular weight excluding hydrogens is 350 g/mol. The van der Waals surface area contributed by atoms with Crippen LogP contribution in [0.3, 0.4) is 0 Å². The molecule has 0 saturated carbocycles. The monoisotopic (exact) mass is 379 g/mol. The zero-order valence-electron chi connectivity index (χ0n) is 16.4. The first-order valence-corrected chi connectivity index (χ1v) is 10.2. The van der Waals surface area contributed by atoms with Crippen LogP contribution in [-0.2, 0) is 6.54 Å². The Bertz CT molecular complexity index is 781. The number of para-hydroxylation sites is 2. The fraction of sp³-hybridized carbons (Fsp3) is 0.435. The third-order valence-corrected chi connectivity index (χ3v) is 6.02. The van der Waals surface area contributed by atoms with Crippen molar-refractivity contribution in [2.24, 2.45) is 0 Å². The Labute approximate surface area is 167 Å². The van der Waals surface area contributed by atoms with E-state index in [-0.39, 0.29) is 12.1 Å². The summed E-state index contributed by atoms with van der Waals surface area (Å²) in [5.74, 6) is 0.673. The normalized spacial score (nSPS) is 24.4. The highest BCUT2D eigenvalue weighted by Gasteiger charge is 2.38. The molecule has 0 aromatic heterocycles. The molecule has 2 atom stereocenters. The summed E-state index contributed by atoms with van der Waals surface area (Å²) in [6.45, 7) is 1.01. The van der Waals surface area contributed by atoms with Crippen molar-refractivity contribution in [3.05, 3.63) is 60.2 Å². The van der Waals surface area contributed by atoms with Crippen LogP contribution in [0.2, 0.25) is 0 Å². The van der Waals surface area contributed by atoms with Gasteiger partial charge in [0.15, 0.2) is 0 Å². The van der Waals surface area contributed by atoms with Gasteiger partial charge in [-0.1, -0.05) is 48.9 Å². The van der Waals surface area contributed by atoms with Crippen molar-refractivity contribution in [2.45, 2.75) is 56.8 Å². The smallest absolute Gasteiger partial charge is 0.319 e. The highest BCUT2D eigenvalue weighted by molar-refractivity contribution is 5.91. The largest absolute Gasteiger partial charge is 0.495 e. The van der Waals surface area contributed by atoms with Gasteiger partial charge in [0.1, 0.15) is 5.75 Å². The number of piperidine rings is 2. The molecule has 2 saturated heterocycles. The van der Waals surface area contributed by atoms with Crippen molar-refractivity contribution in [2.75, 3.05) is 12.4 Å². The molecular formula is C23H29N3O2. The summed E-state index contributed by atoms with van der Waals surface area (Å²) in [5, 5.41) is 6.14. The third kappa shape index (κ3) is 4.30. The average Bonchev–Trinajstić information content (AvgIpc) is 2.70. The van der Waals surface area contributed by atoms with Crippen molar-refractivity contribution >= 4 is 11.7 Å². The first-order valence-electron chi connectivity index (χ1n) is 10.2. The molecule has 2 aliphatic heterocycles. The number of methoxy groups -OCH3 is 1. The molecule has 5 heteroatoms. The lowest BCUT2D eigenvalue weighted by Gasteiger charge is -2.49. The third-order valence-electron chi connectivity index (χ3n) is 6.02. The molecule has 2 fully saturated rings. The van der Waals surface area contributed by atoms with Crippen LogP contribution in [0.5, 0.6) is 5.75 Å². The minimum absolute atomic E-state index is 0.149. The van der Waals surface area contributed by atoms with Gasteiger partial charge in [0, 0.05) is 24.7 Å². The van der Waals surface area contributed by atoms with Gasteiger partial charge in [-0.15, -0.1) is 0 Å². The number of nitrogens with zero attached hydrogens (tertiary/aromatic N) is 1. The van der Waals surface area contributed by atoms with E-state index in [0.717, 1.165) is 19.4 Å². The van der Waals surface area contributed by atoms with Gasteiger partial charge in [-0.2, -0.15) is 0 Å². The van der Waals surface area contributed by atoms with Crippen molar-refractivity contribution < 1.29 is 9.53 Å². The van der Waals surface area contributed by atoms with Gasteiger partial charge >= 0.3 is 6.03 Å². The second kappa shape index (κ2) is 8.65. The second-order valence-corrected chi connectivity index (χ2v) is 7.86. The lowest BCUT2D eigenvalue weighted by Crippen LogP contribution is -2.56. The topological polar surface area (TPSA) is 53.6 Å². The maximum absolute atomic E-state index is 12.5. The van der Waals surface area contributed by atoms with Crippen molar-refractivity contribution in [1.82, 2.24) is 10.2 Å². The number of anilines is 1. The first kappa shape index (κ1) is 18.8. The van der Waals surface area contributed by atoms with Crippen LogP contribution in [0.15, 0.2) is 54.6 Å². The highest BCUT2D eigenvalue weighted by atomic mass is 16.5. The Balaban J connectivity index is 1.37. The summed E-state index contributed by atoms with van der Waals surface area (Å²) < 4.78 is 5.32. The van der Waals surface area contributed by atoms with Crippen molar-refractivity contribution in [1.29, 1.82) is 0 Å². The summed E-state index contributed by atoms with van der Waals surface area (Å²) in [7, 11) is 1.61. The van der Waals surface area contributed by atoms with Gasteiger partial charge in [0.25, 0.3) is 0 Å². The van der Waals surface area contributed by atoms with Gasteiger partial charge in [0.05, 0.1) is 12.8 Å². The minimum atomic E-state index is -0.149. The number of benzene rings is 2. The maximum atomic E-state index is 12.5. The summed E-state index contributed by atoms with van der Waals surface area (Å²) in [6.07, 6.45) is 5.76. The van der Waals surface area contributed by atoms with Crippen LogP contribution in [0, 0.1) is 0 Å². The number of nitrogens with one attached hydrogen (secondary N) is 2. The number of carbonyl (C=O) groups is 1. The van der Waals surface area contributed by atoms with Crippen LogP contribution >= 0.6 is 0 Å². The van der Waals surface area contributed by atoms with Crippen LogP contribution in [0.4, 0.5) is 10.5 Å². The molecule has 5 nitrogen and oxygen atoms in total. The molecule has 2 aromatic carbocycles. The van der Waals surface area contributed by atoms with Gasteiger partial charge in [0.2, 0.25) is 0 Å². The van der Waals surface area contributed by atoms with Crippen molar-refractivity contribution in [3.63, 3.8) is 0 Å². The highest BCUT2D eigenvalue weighted by Crippen LogP contribution is 2.35. The summed E-state index contributed by atoms with van der Waals surface area (Å²) in [6, 6.07) is 19.4. The van der Waals surface area contributed by atoms with Gasteiger partial charge in [-0.3, -0.25) is 4.90 Å². The number of amides is 2. The molecule has 0 aliphatic carbocycles. The van der Waals surface area contributed by atoms with Crippen LogP contribution in [0.1, 0.15) is 37.7 Å². The van der Waals surface area contributed by atoms with Crippen molar-refractivity contribution in [3.8, 4) is 5.75 Å². The Morgan fingerprint density at radius 1 is 1.04 bits per heavy atom. The van der Waals surface area contributed by atoms with E-state index in [2.05, 4.69) is 45.9 Å². The van der Waals surface area contributed by atoms with E-state index in [1.807, 2.05) is 24.3 Å². The van der Waals surface area contributed by atoms with Gasteiger partial charge < -0.3 is 15.4 Å². The van der Waals surface area contributed by atoms with E-state index < -0.39 is 0 Å². The average molecular weight is 380 g/mol. The number of carbonyl (C=O) groups excluding carboxylic acids is 1. The number of hydrogen-bond donors (Lipinski definition) is 2. The summed E-state index contributed by atoms with van der Waals surface area (Å²) in [4.78, 5) is 15.2. The molecule has 4 rings (SSSR count). The first-order chi connectivity index (χ1) is 13.7. The quantitative estimate of drug-likeness (QED) is 0.809.